The molecule has 1 heterocycles. The average molecular weight is 230 g/mol. The van der Waals surface area contributed by atoms with Crippen LogP contribution in [0.15, 0.2) is 30.5 Å². The minimum Gasteiger partial charge on any atom is -0.508 e. The van der Waals surface area contributed by atoms with Crippen LogP contribution in [0.2, 0.25) is 0 Å². The third-order valence-corrected chi connectivity index (χ3v) is 3.12. The summed E-state index contributed by atoms with van der Waals surface area (Å²) < 4.78 is 5.79. The van der Waals surface area contributed by atoms with Crippen LogP contribution >= 0.6 is 0 Å². The topological polar surface area (TPSA) is 68.4 Å². The summed E-state index contributed by atoms with van der Waals surface area (Å²) in [6.07, 6.45) is 3.62. The van der Waals surface area contributed by atoms with Crippen LogP contribution < -0.4 is 10.5 Å². The molecule has 0 bridgehead atoms. The van der Waals surface area contributed by atoms with Crippen LogP contribution in [-0.2, 0) is 0 Å². The van der Waals surface area contributed by atoms with Crippen molar-refractivity contribution in [1.29, 1.82) is 0 Å². The second-order valence-electron chi connectivity index (χ2n) is 4.49. The summed E-state index contributed by atoms with van der Waals surface area (Å²) in [5, 5.41) is 11.4. The van der Waals surface area contributed by atoms with Crippen LogP contribution in [0.4, 0.5) is 0 Å². The van der Waals surface area contributed by atoms with E-state index in [1.807, 2.05) is 12.1 Å². The monoisotopic (exact) mass is 230 g/mol. The predicted octanol–water partition coefficient (Wildman–Crippen LogP) is 1.81. The van der Waals surface area contributed by atoms with Crippen molar-refractivity contribution in [2.24, 2.45) is 5.73 Å². The molecule has 0 atom stereocenters. The molecule has 3 N–H and O–H groups in total. The molecule has 3 rings (SSSR count). The zero-order valence-corrected chi connectivity index (χ0v) is 9.34. The summed E-state index contributed by atoms with van der Waals surface area (Å²) >= 11 is 0. The third-order valence-electron chi connectivity index (χ3n) is 3.12. The van der Waals surface area contributed by atoms with Gasteiger partial charge in [-0.1, -0.05) is 6.07 Å². The quantitative estimate of drug-likeness (QED) is 0.825. The standard InChI is InChI=1S/C13H14N2O2/c14-9-5-11(6-9)17-13-12-7-10(16)2-1-8(12)3-4-15-13/h1-4,7,9,11,16H,5-6,14H2. The number of hydrogen-bond donors (Lipinski definition) is 2. The van der Waals surface area contributed by atoms with Crippen molar-refractivity contribution in [3.63, 3.8) is 0 Å². The first-order chi connectivity index (χ1) is 8.22. The lowest BCUT2D eigenvalue weighted by molar-refractivity contribution is 0.0976. The van der Waals surface area contributed by atoms with Gasteiger partial charge in [-0.25, -0.2) is 4.98 Å². The normalized spacial score (nSPS) is 23.4. The molecule has 1 fully saturated rings. The molecule has 1 saturated carbocycles. The van der Waals surface area contributed by atoms with Gasteiger partial charge >= 0.3 is 0 Å². The largest absolute Gasteiger partial charge is 0.508 e. The highest BCUT2D eigenvalue weighted by molar-refractivity contribution is 5.87. The van der Waals surface area contributed by atoms with E-state index in [0.29, 0.717) is 5.88 Å². The second-order valence-corrected chi connectivity index (χ2v) is 4.49. The molecule has 4 heteroatoms. The van der Waals surface area contributed by atoms with Gasteiger partial charge in [0, 0.05) is 17.6 Å². The molecule has 0 aliphatic heterocycles. The van der Waals surface area contributed by atoms with Gasteiger partial charge in [-0.05, 0) is 36.4 Å². The van der Waals surface area contributed by atoms with Crippen molar-refractivity contribution in [2.75, 3.05) is 0 Å². The fraction of sp³-hybridized carbons (Fsp3) is 0.308. The summed E-state index contributed by atoms with van der Waals surface area (Å²) in [6.45, 7) is 0. The van der Waals surface area contributed by atoms with Crippen molar-refractivity contribution >= 4 is 10.8 Å². The SMILES string of the molecule is NC1CC(Oc2nccc3ccc(O)cc23)C1. The van der Waals surface area contributed by atoms with Crippen LogP contribution in [-0.4, -0.2) is 22.2 Å². The van der Waals surface area contributed by atoms with Crippen LogP contribution in [0, 0.1) is 0 Å². The first kappa shape index (κ1) is 10.4. The summed E-state index contributed by atoms with van der Waals surface area (Å²) in [7, 11) is 0. The maximum atomic E-state index is 9.50. The molecule has 88 valence electrons. The number of nitrogens with two attached hydrogens (primary N) is 1. The molecule has 1 aliphatic carbocycles. The van der Waals surface area contributed by atoms with E-state index in [1.165, 1.54) is 0 Å². The van der Waals surface area contributed by atoms with Gasteiger partial charge in [0.1, 0.15) is 11.9 Å². The maximum absolute atomic E-state index is 9.50. The Morgan fingerprint density at radius 1 is 1.29 bits per heavy atom. The van der Waals surface area contributed by atoms with Crippen molar-refractivity contribution in [3.05, 3.63) is 30.5 Å². The Morgan fingerprint density at radius 2 is 2.12 bits per heavy atom. The Balaban J connectivity index is 1.95. The van der Waals surface area contributed by atoms with Gasteiger partial charge in [0.2, 0.25) is 5.88 Å². The van der Waals surface area contributed by atoms with Gasteiger partial charge in [-0.2, -0.15) is 0 Å². The zero-order valence-electron chi connectivity index (χ0n) is 9.34. The molecule has 0 radical (unpaired) electrons. The summed E-state index contributed by atoms with van der Waals surface area (Å²) in [4.78, 5) is 4.22. The lowest BCUT2D eigenvalue weighted by atomic mass is 9.90. The van der Waals surface area contributed by atoms with E-state index in [2.05, 4.69) is 4.98 Å². The Kier molecular flexibility index (Phi) is 2.37. The molecule has 1 aromatic heterocycles. The fourth-order valence-corrected chi connectivity index (χ4v) is 2.08. The Hall–Kier alpha value is -1.81. The fourth-order valence-electron chi connectivity index (χ4n) is 2.08. The number of aromatic nitrogens is 1. The van der Waals surface area contributed by atoms with Crippen LogP contribution in [0.1, 0.15) is 12.8 Å². The van der Waals surface area contributed by atoms with Gasteiger partial charge < -0.3 is 15.6 Å². The molecule has 2 aromatic rings. The van der Waals surface area contributed by atoms with Gasteiger partial charge in [0.25, 0.3) is 0 Å². The number of pyridine rings is 1. The van der Waals surface area contributed by atoms with E-state index < -0.39 is 0 Å². The van der Waals surface area contributed by atoms with Gasteiger partial charge in [0.05, 0.1) is 0 Å². The lowest BCUT2D eigenvalue weighted by Crippen LogP contribution is -2.43. The van der Waals surface area contributed by atoms with E-state index in [-0.39, 0.29) is 17.9 Å². The molecule has 0 unspecified atom stereocenters. The number of benzene rings is 1. The Morgan fingerprint density at radius 3 is 2.88 bits per heavy atom. The summed E-state index contributed by atoms with van der Waals surface area (Å²) in [6, 6.07) is 7.34. The van der Waals surface area contributed by atoms with E-state index in [4.69, 9.17) is 10.5 Å². The number of phenols is 1. The average Bonchev–Trinajstić information content (AvgIpc) is 2.28. The second kappa shape index (κ2) is 3.89. The van der Waals surface area contributed by atoms with Crippen molar-refractivity contribution in [3.8, 4) is 11.6 Å². The maximum Gasteiger partial charge on any atom is 0.221 e. The van der Waals surface area contributed by atoms with Gasteiger partial charge in [-0.15, -0.1) is 0 Å². The van der Waals surface area contributed by atoms with Crippen LogP contribution in [0.3, 0.4) is 0 Å². The minimum absolute atomic E-state index is 0.158. The van der Waals surface area contributed by atoms with E-state index in [0.717, 1.165) is 23.6 Å². The van der Waals surface area contributed by atoms with Gasteiger partial charge in [-0.3, -0.25) is 0 Å². The molecule has 17 heavy (non-hydrogen) atoms. The molecule has 0 saturated heterocycles. The predicted molar refractivity (Wildman–Crippen MR) is 65.0 cm³/mol. The van der Waals surface area contributed by atoms with Crippen LogP contribution in [0.5, 0.6) is 11.6 Å². The van der Waals surface area contributed by atoms with E-state index in [9.17, 15) is 5.11 Å². The number of phenolic OH excluding ortho intramolecular Hbond substituents is 1. The number of rotatable bonds is 2. The molecule has 1 aliphatic rings. The first-order valence-electron chi connectivity index (χ1n) is 5.72. The number of hydrogen-bond acceptors (Lipinski definition) is 4. The summed E-state index contributed by atoms with van der Waals surface area (Å²) in [5.74, 6) is 0.802. The van der Waals surface area contributed by atoms with E-state index in [1.54, 1.807) is 18.3 Å². The molecular weight excluding hydrogens is 216 g/mol. The highest BCUT2D eigenvalue weighted by Gasteiger charge is 2.28. The van der Waals surface area contributed by atoms with Crippen molar-refractivity contribution < 1.29 is 9.84 Å². The number of fused-ring (bicyclic) bond motifs is 1. The van der Waals surface area contributed by atoms with Crippen molar-refractivity contribution in [1.82, 2.24) is 4.98 Å². The first-order valence-corrected chi connectivity index (χ1v) is 5.72. The smallest absolute Gasteiger partial charge is 0.221 e. The molecule has 0 amide bonds. The summed E-state index contributed by atoms with van der Waals surface area (Å²) in [5.41, 5.74) is 5.72. The third kappa shape index (κ3) is 1.91. The van der Waals surface area contributed by atoms with Crippen LogP contribution in [0.25, 0.3) is 10.8 Å². The Labute approximate surface area is 99.0 Å². The molecule has 0 spiro atoms. The number of ether oxygens (including phenoxy) is 1. The lowest BCUT2D eigenvalue weighted by Gasteiger charge is -2.32. The number of aromatic hydroxyl groups is 1. The van der Waals surface area contributed by atoms with Gasteiger partial charge in [0.15, 0.2) is 0 Å². The molecule has 1 aromatic carbocycles. The van der Waals surface area contributed by atoms with Crippen molar-refractivity contribution in [2.45, 2.75) is 25.0 Å². The van der Waals surface area contributed by atoms with E-state index >= 15 is 0 Å². The minimum atomic E-state index is 0.158. The molecule has 4 nitrogen and oxygen atoms in total. The Bertz CT molecular complexity index is 550. The zero-order chi connectivity index (χ0) is 11.8. The molecular formula is C13H14N2O2. The number of nitrogens with zero attached hydrogens (tertiary/aromatic N) is 1. The highest BCUT2D eigenvalue weighted by atomic mass is 16.5. The highest BCUT2D eigenvalue weighted by Crippen LogP contribution is 2.30.